The van der Waals surface area contributed by atoms with Crippen LogP contribution in [0.1, 0.15) is 34.8 Å². The van der Waals surface area contributed by atoms with Gasteiger partial charge in [0.15, 0.2) is 0 Å². The van der Waals surface area contributed by atoms with Crippen LogP contribution in [0.25, 0.3) is 16.7 Å². The van der Waals surface area contributed by atoms with Crippen molar-refractivity contribution in [1.82, 2.24) is 5.32 Å². The van der Waals surface area contributed by atoms with Crippen LogP contribution < -0.4 is 10.2 Å². The second-order valence-electron chi connectivity index (χ2n) is 9.42. The van der Waals surface area contributed by atoms with Gasteiger partial charge in [0.05, 0.1) is 11.4 Å². The summed E-state index contributed by atoms with van der Waals surface area (Å²) in [4.78, 5) is 25.3. The number of carboxylic acids is 1. The van der Waals surface area contributed by atoms with Crippen molar-refractivity contribution in [2.45, 2.75) is 19.9 Å². The van der Waals surface area contributed by atoms with Gasteiger partial charge in [-0.25, -0.2) is 0 Å². The molecule has 2 N–H and O–H groups in total. The van der Waals surface area contributed by atoms with Crippen LogP contribution in [-0.4, -0.2) is 23.5 Å². The zero-order valence-electron chi connectivity index (χ0n) is 22.7. The quantitative estimate of drug-likeness (QED) is 0.165. The number of nitrogens with zero attached hydrogens (tertiary/aromatic N) is 1. The molecule has 0 atom stereocenters. The van der Waals surface area contributed by atoms with Gasteiger partial charge in [0.1, 0.15) is 0 Å². The third-order valence-corrected chi connectivity index (χ3v) is 7.88. The molecule has 0 aliphatic rings. The number of carboxylic acid groups (broad SMARTS) is 1. The molecule has 4 rings (SSSR count). The first kappa shape index (κ1) is 29.9. The smallest absolute Gasteiger partial charge is 0.305 e. The highest BCUT2D eigenvalue weighted by Gasteiger charge is 2.14. The third-order valence-electron chi connectivity index (χ3n) is 6.42. The van der Waals surface area contributed by atoms with Gasteiger partial charge < -0.3 is 15.3 Å². The number of rotatable bonds is 12. The fraction of sp³-hybridized carbons (Fsp3) is 0.118. The van der Waals surface area contributed by atoms with Gasteiger partial charge in [-0.15, -0.1) is 0 Å². The van der Waals surface area contributed by atoms with E-state index in [4.69, 9.17) is 5.11 Å². The molecule has 0 saturated heterocycles. The van der Waals surface area contributed by atoms with Gasteiger partial charge in [-0.3, -0.25) is 9.59 Å². The minimum Gasteiger partial charge on any atom is -0.481 e. The minimum absolute atomic E-state index is 0.0815. The fourth-order valence-electron chi connectivity index (χ4n) is 4.14. The summed E-state index contributed by atoms with van der Waals surface area (Å²) in [5, 5.41) is 14.4. The van der Waals surface area contributed by atoms with Crippen LogP contribution in [0.15, 0.2) is 125 Å². The van der Waals surface area contributed by atoms with Crippen molar-refractivity contribution >= 4 is 50.8 Å². The molecule has 7 heteroatoms. The second kappa shape index (κ2) is 14.5. The number of carbonyl (C=O) groups excluding carboxylic acids is 1. The lowest BCUT2D eigenvalue weighted by Crippen LogP contribution is -2.26. The predicted molar refractivity (Wildman–Crippen MR) is 174 cm³/mol. The van der Waals surface area contributed by atoms with Crippen LogP contribution in [0.2, 0.25) is 0 Å². The Balaban J connectivity index is 1.55. The number of hydrogen-bond donors (Lipinski definition) is 2. The molecule has 0 aliphatic carbocycles. The van der Waals surface area contributed by atoms with Gasteiger partial charge in [0, 0.05) is 28.8 Å². The van der Waals surface area contributed by atoms with Crippen LogP contribution in [-0.2, 0) is 11.3 Å². The molecule has 1 amide bonds. The number of halogens is 1. The molecule has 0 aliphatic heterocycles. The maximum atomic E-state index is 12.5. The number of hydrogen-bond acceptors (Lipinski definition) is 4. The van der Waals surface area contributed by atoms with E-state index >= 15 is 0 Å². The molecule has 0 aromatic heterocycles. The van der Waals surface area contributed by atoms with Crippen molar-refractivity contribution in [1.29, 1.82) is 0 Å². The molecule has 208 valence electrons. The Morgan fingerprint density at radius 2 is 1.59 bits per heavy atom. The van der Waals surface area contributed by atoms with E-state index in [2.05, 4.69) is 93.6 Å². The lowest BCUT2D eigenvalue weighted by atomic mass is 10.0. The van der Waals surface area contributed by atoms with Crippen molar-refractivity contribution in [3.05, 3.63) is 141 Å². The lowest BCUT2D eigenvalue weighted by Gasteiger charge is -2.26. The van der Waals surface area contributed by atoms with Crippen LogP contribution in [0.5, 0.6) is 0 Å². The summed E-state index contributed by atoms with van der Waals surface area (Å²) in [6.07, 6.45) is -0.120. The molecular weight excluding hydrogens is 596 g/mol. The van der Waals surface area contributed by atoms with Crippen LogP contribution in [0.4, 0.5) is 5.69 Å². The number of thioether (sulfide) groups is 1. The van der Waals surface area contributed by atoms with E-state index in [1.807, 2.05) is 42.5 Å². The Morgan fingerprint density at radius 1 is 0.902 bits per heavy atom. The molecule has 41 heavy (non-hydrogen) atoms. The van der Waals surface area contributed by atoms with E-state index < -0.39 is 5.97 Å². The van der Waals surface area contributed by atoms with Gasteiger partial charge >= 0.3 is 5.97 Å². The number of benzene rings is 4. The summed E-state index contributed by atoms with van der Waals surface area (Å²) in [5.74, 6) is -1.25. The largest absolute Gasteiger partial charge is 0.481 e. The van der Waals surface area contributed by atoms with Crippen molar-refractivity contribution in [3.8, 4) is 11.1 Å². The molecule has 4 aromatic carbocycles. The van der Waals surface area contributed by atoms with E-state index in [1.165, 1.54) is 5.56 Å². The molecule has 0 unspecified atom stereocenters. The van der Waals surface area contributed by atoms with Crippen LogP contribution in [0.3, 0.4) is 0 Å². The molecule has 0 heterocycles. The number of aliphatic carboxylic acids is 1. The molecule has 0 bridgehead atoms. The Labute approximate surface area is 253 Å². The summed E-state index contributed by atoms with van der Waals surface area (Å²) < 4.78 is 1.03. The van der Waals surface area contributed by atoms with Crippen LogP contribution >= 0.6 is 27.7 Å². The molecule has 0 saturated carbocycles. The van der Waals surface area contributed by atoms with E-state index in [9.17, 15) is 9.59 Å². The third kappa shape index (κ3) is 8.71. The highest BCUT2D eigenvalue weighted by Crippen LogP contribution is 2.32. The van der Waals surface area contributed by atoms with E-state index in [1.54, 1.807) is 23.9 Å². The Morgan fingerprint density at radius 3 is 2.24 bits per heavy atom. The van der Waals surface area contributed by atoms with E-state index in [0.29, 0.717) is 12.1 Å². The van der Waals surface area contributed by atoms with Gasteiger partial charge in [-0.05, 0) is 76.6 Å². The Hall–Kier alpha value is -4.07. The zero-order valence-corrected chi connectivity index (χ0v) is 25.1. The maximum Gasteiger partial charge on any atom is 0.305 e. The number of nitrogens with one attached hydrogen (secondary N) is 1. The number of amides is 1. The van der Waals surface area contributed by atoms with Crippen molar-refractivity contribution < 1.29 is 14.7 Å². The molecule has 0 spiro atoms. The van der Waals surface area contributed by atoms with Gasteiger partial charge in [-0.2, -0.15) is 0 Å². The average Bonchev–Trinajstić information content (AvgIpc) is 2.99. The van der Waals surface area contributed by atoms with Crippen molar-refractivity contribution in [2.75, 3.05) is 11.4 Å². The fourth-order valence-corrected chi connectivity index (χ4v) is 5.28. The standard InChI is InChI=1S/C34H31BrN2O3S/c1-24(30-9-6-10-31(35)21-30)23-41-25(2)37(22-26-11-13-28(14-12-26)27-7-4-3-5-8-27)32-17-15-29(16-18-32)34(40)36-20-19-33(38)39/h3-18,21,23H,2,19-20,22H2,1H3,(H,36,40)(H,38,39)/b24-23+. The normalized spacial score (nSPS) is 11.1. The van der Waals surface area contributed by atoms with E-state index in [-0.39, 0.29) is 18.9 Å². The van der Waals surface area contributed by atoms with Gasteiger partial charge in [0.25, 0.3) is 5.91 Å². The lowest BCUT2D eigenvalue weighted by molar-refractivity contribution is -0.136. The SMILES string of the molecule is C=C(S/C=C(\C)c1cccc(Br)c1)N(Cc1ccc(-c2ccccc2)cc1)c1ccc(C(=O)NCCC(=O)O)cc1. The first-order valence-electron chi connectivity index (χ1n) is 13.1. The number of allylic oxidation sites excluding steroid dienone is 1. The summed E-state index contributed by atoms with van der Waals surface area (Å²) in [6, 6.07) is 34.2. The number of anilines is 1. The number of carbonyl (C=O) groups is 2. The summed E-state index contributed by atoms with van der Waals surface area (Å²) in [6.45, 7) is 7.14. The van der Waals surface area contributed by atoms with Gasteiger partial charge in [0.2, 0.25) is 0 Å². The Bertz CT molecular complexity index is 1530. The highest BCUT2D eigenvalue weighted by molar-refractivity contribution is 9.10. The molecule has 0 fully saturated rings. The van der Waals surface area contributed by atoms with Crippen molar-refractivity contribution in [2.24, 2.45) is 0 Å². The summed E-state index contributed by atoms with van der Waals surface area (Å²) in [7, 11) is 0. The summed E-state index contributed by atoms with van der Waals surface area (Å²) in [5.41, 5.74) is 7.05. The minimum atomic E-state index is -0.951. The maximum absolute atomic E-state index is 12.5. The Kier molecular flexibility index (Phi) is 10.6. The molecular formula is C34H31BrN2O3S. The highest BCUT2D eigenvalue weighted by atomic mass is 79.9. The first-order valence-corrected chi connectivity index (χ1v) is 14.8. The van der Waals surface area contributed by atoms with Crippen LogP contribution in [0, 0.1) is 0 Å². The molecule has 0 radical (unpaired) electrons. The topological polar surface area (TPSA) is 69.6 Å². The molecule has 4 aromatic rings. The zero-order chi connectivity index (χ0) is 29.2. The summed E-state index contributed by atoms with van der Waals surface area (Å²) >= 11 is 5.09. The monoisotopic (exact) mass is 626 g/mol. The van der Waals surface area contributed by atoms with Crippen molar-refractivity contribution in [3.63, 3.8) is 0 Å². The van der Waals surface area contributed by atoms with Gasteiger partial charge in [-0.1, -0.05) is 101 Å². The average molecular weight is 628 g/mol. The second-order valence-corrected chi connectivity index (χ2v) is 11.3. The first-order chi connectivity index (χ1) is 19.8. The predicted octanol–water partition coefficient (Wildman–Crippen LogP) is 8.59. The molecule has 5 nitrogen and oxygen atoms in total. The van der Waals surface area contributed by atoms with E-state index in [0.717, 1.165) is 37.5 Å².